The Balaban J connectivity index is 2.13. The summed E-state index contributed by atoms with van der Waals surface area (Å²) in [6.07, 6.45) is 0. The molecule has 1 aromatic rings. The van der Waals surface area contributed by atoms with Crippen molar-refractivity contribution in [2.75, 3.05) is 18.5 Å². The molecule has 19 heavy (non-hydrogen) atoms. The monoisotopic (exact) mass is 266 g/mol. The summed E-state index contributed by atoms with van der Waals surface area (Å²) in [6.45, 7) is 0.574. The van der Waals surface area contributed by atoms with E-state index in [9.17, 15) is 14.7 Å². The predicted octanol–water partition coefficient (Wildman–Crippen LogP) is 0.00260. The number of ether oxygens (including phenoxy) is 1. The van der Waals surface area contributed by atoms with Crippen LogP contribution in [-0.2, 0) is 9.53 Å². The second-order valence-corrected chi connectivity index (χ2v) is 4.33. The van der Waals surface area contributed by atoms with E-state index in [1.807, 2.05) is 0 Å². The number of aromatic hydroxyl groups is 1. The fourth-order valence-corrected chi connectivity index (χ4v) is 1.86. The molecule has 1 saturated heterocycles. The van der Waals surface area contributed by atoms with Gasteiger partial charge in [-0.05, 0) is 18.2 Å². The highest BCUT2D eigenvalue weighted by molar-refractivity contribution is 5.96. The first-order valence-corrected chi connectivity index (χ1v) is 5.69. The minimum absolute atomic E-state index is 0.247. The van der Waals surface area contributed by atoms with Crippen molar-refractivity contribution in [3.63, 3.8) is 0 Å². The standard InChI is InChI=1S/C12H14N2O5/c13-9-5-19-4-8(9)11(16)14-6-1-2-10(15)7(3-6)12(17)18/h1-3,8-9,15H,4-5,13H2,(H,14,16)(H,17,18). The van der Waals surface area contributed by atoms with Gasteiger partial charge < -0.3 is 26.0 Å². The Hall–Kier alpha value is -2.12. The maximum Gasteiger partial charge on any atom is 0.339 e. The quantitative estimate of drug-likeness (QED) is 0.571. The predicted molar refractivity (Wildman–Crippen MR) is 66.0 cm³/mol. The minimum Gasteiger partial charge on any atom is -0.507 e. The van der Waals surface area contributed by atoms with Crippen LogP contribution in [0, 0.1) is 5.92 Å². The SMILES string of the molecule is NC1COCC1C(=O)Nc1ccc(O)c(C(=O)O)c1. The average Bonchev–Trinajstić information content (AvgIpc) is 2.77. The molecule has 1 aliphatic heterocycles. The largest absolute Gasteiger partial charge is 0.507 e. The lowest BCUT2D eigenvalue weighted by Gasteiger charge is -2.13. The van der Waals surface area contributed by atoms with Crippen molar-refractivity contribution in [3.05, 3.63) is 23.8 Å². The van der Waals surface area contributed by atoms with E-state index in [2.05, 4.69) is 5.32 Å². The van der Waals surface area contributed by atoms with Crippen molar-refractivity contribution < 1.29 is 24.5 Å². The number of phenols is 1. The van der Waals surface area contributed by atoms with Gasteiger partial charge in [0.1, 0.15) is 11.3 Å². The number of carbonyl (C=O) groups is 2. The highest BCUT2D eigenvalue weighted by Gasteiger charge is 2.31. The van der Waals surface area contributed by atoms with Gasteiger partial charge in [-0.2, -0.15) is 0 Å². The molecule has 0 radical (unpaired) electrons. The zero-order chi connectivity index (χ0) is 14.0. The molecular weight excluding hydrogens is 252 g/mol. The van der Waals surface area contributed by atoms with Gasteiger partial charge in [0.25, 0.3) is 0 Å². The lowest BCUT2D eigenvalue weighted by atomic mass is 10.0. The highest BCUT2D eigenvalue weighted by Crippen LogP contribution is 2.22. The van der Waals surface area contributed by atoms with Crippen LogP contribution < -0.4 is 11.1 Å². The lowest BCUT2D eigenvalue weighted by molar-refractivity contribution is -0.120. The Morgan fingerprint density at radius 3 is 2.68 bits per heavy atom. The number of hydrogen-bond acceptors (Lipinski definition) is 5. The lowest BCUT2D eigenvalue weighted by Crippen LogP contribution is -2.37. The molecule has 1 aromatic carbocycles. The molecule has 1 fully saturated rings. The van der Waals surface area contributed by atoms with Gasteiger partial charge in [-0.3, -0.25) is 4.79 Å². The van der Waals surface area contributed by atoms with Gasteiger partial charge in [-0.15, -0.1) is 0 Å². The maximum absolute atomic E-state index is 11.9. The number of nitrogens with two attached hydrogens (primary N) is 1. The number of rotatable bonds is 3. The van der Waals surface area contributed by atoms with Gasteiger partial charge in [0.2, 0.25) is 5.91 Å². The molecule has 0 aromatic heterocycles. The van der Waals surface area contributed by atoms with E-state index in [-0.39, 0.29) is 29.9 Å². The third-order valence-corrected chi connectivity index (χ3v) is 2.96. The molecule has 0 bridgehead atoms. The molecule has 102 valence electrons. The van der Waals surface area contributed by atoms with Gasteiger partial charge >= 0.3 is 5.97 Å². The summed E-state index contributed by atoms with van der Waals surface area (Å²) in [5.41, 5.74) is 5.73. The van der Waals surface area contributed by atoms with Crippen LogP contribution in [0.4, 0.5) is 5.69 Å². The smallest absolute Gasteiger partial charge is 0.339 e. The molecule has 1 heterocycles. The topological polar surface area (TPSA) is 122 Å². The summed E-state index contributed by atoms with van der Waals surface area (Å²) in [5.74, 6) is -2.41. The third-order valence-electron chi connectivity index (χ3n) is 2.96. The van der Waals surface area contributed by atoms with Crippen LogP contribution in [0.3, 0.4) is 0 Å². The number of hydrogen-bond donors (Lipinski definition) is 4. The second kappa shape index (κ2) is 5.25. The van der Waals surface area contributed by atoms with Crippen molar-refractivity contribution in [1.82, 2.24) is 0 Å². The second-order valence-electron chi connectivity index (χ2n) is 4.33. The first-order chi connectivity index (χ1) is 8.99. The maximum atomic E-state index is 11.9. The summed E-state index contributed by atoms with van der Waals surface area (Å²) in [7, 11) is 0. The minimum atomic E-state index is -1.27. The molecule has 1 aliphatic rings. The molecule has 2 unspecified atom stereocenters. The molecule has 0 aliphatic carbocycles. The van der Waals surface area contributed by atoms with Gasteiger partial charge in [0.05, 0.1) is 19.1 Å². The summed E-state index contributed by atoms with van der Waals surface area (Å²) < 4.78 is 5.09. The van der Waals surface area contributed by atoms with E-state index in [1.165, 1.54) is 18.2 Å². The molecule has 2 rings (SSSR count). The molecule has 7 heteroatoms. The molecule has 7 nitrogen and oxygen atoms in total. The number of carboxylic acids is 1. The van der Waals surface area contributed by atoms with Crippen LogP contribution in [0.25, 0.3) is 0 Å². The average molecular weight is 266 g/mol. The third kappa shape index (κ3) is 2.83. The Bertz CT molecular complexity index is 517. The van der Waals surface area contributed by atoms with E-state index in [1.54, 1.807) is 0 Å². The molecule has 0 saturated carbocycles. The van der Waals surface area contributed by atoms with Crippen LogP contribution in [0.5, 0.6) is 5.75 Å². The van der Waals surface area contributed by atoms with Crippen molar-refractivity contribution >= 4 is 17.6 Å². The Labute approximate surface area is 109 Å². The zero-order valence-electron chi connectivity index (χ0n) is 10.00. The van der Waals surface area contributed by atoms with E-state index in [4.69, 9.17) is 15.6 Å². The highest BCUT2D eigenvalue weighted by atomic mass is 16.5. The summed E-state index contributed by atoms with van der Waals surface area (Å²) >= 11 is 0. The van der Waals surface area contributed by atoms with Gasteiger partial charge in [0.15, 0.2) is 0 Å². The van der Waals surface area contributed by atoms with E-state index < -0.39 is 11.9 Å². The number of carboxylic acid groups (broad SMARTS) is 1. The summed E-state index contributed by atoms with van der Waals surface area (Å²) in [4.78, 5) is 22.8. The number of benzene rings is 1. The first kappa shape index (κ1) is 13.3. The van der Waals surface area contributed by atoms with Gasteiger partial charge in [-0.1, -0.05) is 0 Å². The fraction of sp³-hybridized carbons (Fsp3) is 0.333. The summed E-state index contributed by atoms with van der Waals surface area (Å²) in [5, 5.41) is 20.8. The summed E-state index contributed by atoms with van der Waals surface area (Å²) in [6, 6.07) is 3.46. The van der Waals surface area contributed by atoms with Crippen LogP contribution >= 0.6 is 0 Å². The molecule has 1 amide bonds. The normalized spacial score (nSPS) is 22.2. The van der Waals surface area contributed by atoms with Crippen molar-refractivity contribution in [3.8, 4) is 5.75 Å². The molecule has 2 atom stereocenters. The molecule has 5 N–H and O–H groups in total. The number of nitrogens with one attached hydrogen (secondary N) is 1. The van der Waals surface area contributed by atoms with Gasteiger partial charge in [-0.25, -0.2) is 4.79 Å². The van der Waals surface area contributed by atoms with Crippen molar-refractivity contribution in [2.24, 2.45) is 11.7 Å². The van der Waals surface area contributed by atoms with Crippen molar-refractivity contribution in [1.29, 1.82) is 0 Å². The van der Waals surface area contributed by atoms with Gasteiger partial charge in [0, 0.05) is 11.7 Å². The van der Waals surface area contributed by atoms with Crippen molar-refractivity contribution in [2.45, 2.75) is 6.04 Å². The Kier molecular flexibility index (Phi) is 3.68. The van der Waals surface area contributed by atoms with E-state index >= 15 is 0 Å². The van der Waals surface area contributed by atoms with Crippen LogP contribution in [0.15, 0.2) is 18.2 Å². The Morgan fingerprint density at radius 1 is 1.37 bits per heavy atom. The number of carbonyl (C=O) groups excluding carboxylic acids is 1. The van der Waals surface area contributed by atoms with Crippen LogP contribution in [0.2, 0.25) is 0 Å². The Morgan fingerprint density at radius 2 is 2.11 bits per heavy atom. The molecule has 0 spiro atoms. The fourth-order valence-electron chi connectivity index (χ4n) is 1.86. The first-order valence-electron chi connectivity index (χ1n) is 5.69. The number of aromatic carboxylic acids is 1. The number of amides is 1. The van der Waals surface area contributed by atoms with E-state index in [0.29, 0.717) is 12.3 Å². The number of anilines is 1. The zero-order valence-corrected chi connectivity index (χ0v) is 10.00. The van der Waals surface area contributed by atoms with Crippen LogP contribution in [-0.4, -0.2) is 41.3 Å². The molecular formula is C12H14N2O5. The van der Waals surface area contributed by atoms with E-state index in [0.717, 1.165) is 0 Å². The van der Waals surface area contributed by atoms with Crippen LogP contribution in [0.1, 0.15) is 10.4 Å².